The smallest absolute Gasteiger partial charge is 0.421 e. The van der Waals surface area contributed by atoms with Crippen molar-refractivity contribution in [3.8, 4) is 0 Å². The van der Waals surface area contributed by atoms with Gasteiger partial charge in [0.2, 0.25) is 11.8 Å². The van der Waals surface area contributed by atoms with Gasteiger partial charge in [-0.3, -0.25) is 9.59 Å². The molecule has 3 atom stereocenters. The standard InChI is InChI=1S/C31H30Cl2N2O4/c1-18-9-6-7-12-22(18)27-31(24(17-26(36)34(27)5)19-10-8-11-20(32)15-19)23-14-13-21(33)16-25(23)35(28(31)37)29(38)39-30(2,3)4/h6-16,24,27H,17H2,1-5H3/t24-,27+,31-/m0/s1. The highest BCUT2D eigenvalue weighted by atomic mass is 35.5. The van der Waals surface area contributed by atoms with E-state index in [0.29, 0.717) is 21.3 Å². The summed E-state index contributed by atoms with van der Waals surface area (Å²) in [5.41, 5.74) is 1.24. The Morgan fingerprint density at radius 3 is 2.33 bits per heavy atom. The van der Waals surface area contributed by atoms with Crippen LogP contribution in [0, 0.1) is 6.92 Å². The Morgan fingerprint density at radius 2 is 1.67 bits per heavy atom. The van der Waals surface area contributed by atoms with Crippen LogP contribution in [0.15, 0.2) is 66.7 Å². The normalized spacial score (nSPS) is 22.8. The van der Waals surface area contributed by atoms with Gasteiger partial charge in [-0.15, -0.1) is 0 Å². The van der Waals surface area contributed by atoms with Gasteiger partial charge in [-0.2, -0.15) is 0 Å². The molecular weight excluding hydrogens is 535 g/mol. The van der Waals surface area contributed by atoms with Crippen molar-refractivity contribution in [3.05, 3.63) is 99.0 Å². The van der Waals surface area contributed by atoms with Crippen LogP contribution < -0.4 is 4.90 Å². The highest BCUT2D eigenvalue weighted by molar-refractivity contribution is 6.32. The number of aryl methyl sites for hydroxylation is 1. The van der Waals surface area contributed by atoms with Gasteiger partial charge in [-0.05, 0) is 74.2 Å². The van der Waals surface area contributed by atoms with E-state index in [0.717, 1.165) is 21.6 Å². The van der Waals surface area contributed by atoms with Crippen LogP contribution in [-0.4, -0.2) is 35.5 Å². The van der Waals surface area contributed by atoms with Crippen LogP contribution in [0.3, 0.4) is 0 Å². The lowest BCUT2D eigenvalue weighted by atomic mass is 9.58. The van der Waals surface area contributed by atoms with Gasteiger partial charge in [0.15, 0.2) is 0 Å². The van der Waals surface area contributed by atoms with Crippen molar-refractivity contribution < 1.29 is 19.1 Å². The number of rotatable bonds is 2. The maximum atomic E-state index is 15.0. The largest absolute Gasteiger partial charge is 0.443 e. The molecule has 0 N–H and O–H groups in total. The van der Waals surface area contributed by atoms with E-state index in [4.69, 9.17) is 27.9 Å². The van der Waals surface area contributed by atoms with E-state index in [1.807, 2.05) is 43.3 Å². The third-order valence-corrected chi connectivity index (χ3v) is 8.12. The Hall–Kier alpha value is -3.35. The summed E-state index contributed by atoms with van der Waals surface area (Å²) in [5, 5.41) is 0.867. The Morgan fingerprint density at radius 1 is 0.974 bits per heavy atom. The van der Waals surface area contributed by atoms with Gasteiger partial charge in [0.05, 0.1) is 11.7 Å². The highest BCUT2D eigenvalue weighted by Gasteiger charge is 2.66. The molecule has 0 bridgehead atoms. The van der Waals surface area contributed by atoms with Crippen molar-refractivity contribution in [1.29, 1.82) is 0 Å². The maximum Gasteiger partial charge on any atom is 0.421 e. The summed E-state index contributed by atoms with van der Waals surface area (Å²) in [4.78, 5) is 45.0. The zero-order chi connectivity index (χ0) is 28.3. The SMILES string of the molecule is Cc1ccccc1[C@H]1N(C)C(=O)C[C@@H](c2cccc(Cl)c2)[C@]12C(=O)N(C(=O)OC(C)(C)C)c1cc(Cl)ccc12. The molecule has 39 heavy (non-hydrogen) atoms. The van der Waals surface area contributed by atoms with Gasteiger partial charge in [-0.25, -0.2) is 9.69 Å². The lowest BCUT2D eigenvalue weighted by Crippen LogP contribution is -2.59. The first-order valence-corrected chi connectivity index (χ1v) is 13.6. The van der Waals surface area contributed by atoms with Crippen molar-refractivity contribution >= 4 is 46.8 Å². The first-order valence-electron chi connectivity index (χ1n) is 12.8. The molecule has 0 aromatic heterocycles. The molecule has 5 rings (SSSR count). The van der Waals surface area contributed by atoms with Crippen molar-refractivity contribution in [3.63, 3.8) is 0 Å². The molecule has 3 aromatic rings. The Labute approximate surface area is 238 Å². The predicted molar refractivity (Wildman–Crippen MR) is 152 cm³/mol. The molecule has 202 valence electrons. The van der Waals surface area contributed by atoms with E-state index in [2.05, 4.69) is 0 Å². The van der Waals surface area contributed by atoms with Crippen LogP contribution in [0.5, 0.6) is 0 Å². The minimum Gasteiger partial charge on any atom is -0.443 e. The second-order valence-electron chi connectivity index (χ2n) is 11.2. The van der Waals surface area contributed by atoms with E-state index in [9.17, 15) is 9.59 Å². The van der Waals surface area contributed by atoms with Crippen LogP contribution >= 0.6 is 23.2 Å². The van der Waals surface area contributed by atoms with E-state index in [1.165, 1.54) is 0 Å². The lowest BCUT2D eigenvalue weighted by molar-refractivity contribution is -0.144. The van der Waals surface area contributed by atoms with E-state index in [-0.39, 0.29) is 12.3 Å². The summed E-state index contributed by atoms with van der Waals surface area (Å²) in [7, 11) is 1.72. The van der Waals surface area contributed by atoms with Crippen LogP contribution in [0.2, 0.25) is 10.0 Å². The summed E-state index contributed by atoms with van der Waals surface area (Å²) in [6.07, 6.45) is -0.740. The molecule has 1 saturated heterocycles. The number of likely N-dealkylation sites (tertiary alicyclic amines) is 1. The van der Waals surface area contributed by atoms with Gasteiger partial charge in [0, 0.05) is 29.4 Å². The number of nitrogens with zero attached hydrogens (tertiary/aromatic N) is 2. The van der Waals surface area contributed by atoms with E-state index in [1.54, 1.807) is 63.1 Å². The molecule has 1 spiro atoms. The summed E-state index contributed by atoms with van der Waals surface area (Å²) >= 11 is 12.9. The third-order valence-electron chi connectivity index (χ3n) is 7.65. The fourth-order valence-electron chi connectivity index (χ4n) is 6.11. The number of imide groups is 1. The van der Waals surface area contributed by atoms with Gasteiger partial charge >= 0.3 is 6.09 Å². The number of ether oxygens (including phenoxy) is 1. The first kappa shape index (κ1) is 27.2. The Kier molecular flexibility index (Phi) is 6.76. The topological polar surface area (TPSA) is 66.9 Å². The van der Waals surface area contributed by atoms with E-state index >= 15 is 4.79 Å². The molecule has 0 saturated carbocycles. The third kappa shape index (κ3) is 4.40. The number of anilines is 1. The number of fused-ring (bicyclic) bond motifs is 2. The van der Waals surface area contributed by atoms with Gasteiger partial charge < -0.3 is 9.64 Å². The van der Waals surface area contributed by atoms with Crippen molar-refractivity contribution in [2.75, 3.05) is 11.9 Å². The second-order valence-corrected chi connectivity index (χ2v) is 12.1. The molecule has 1 fully saturated rings. The Bertz CT molecular complexity index is 1500. The van der Waals surface area contributed by atoms with Crippen molar-refractivity contribution in [2.45, 2.75) is 57.1 Å². The van der Waals surface area contributed by atoms with Crippen LogP contribution in [0.4, 0.5) is 10.5 Å². The molecule has 0 unspecified atom stereocenters. The second kappa shape index (κ2) is 9.68. The van der Waals surface area contributed by atoms with Crippen LogP contribution in [0.25, 0.3) is 0 Å². The first-order chi connectivity index (χ1) is 18.4. The fourth-order valence-corrected chi connectivity index (χ4v) is 6.48. The molecule has 3 amide bonds. The number of hydrogen-bond donors (Lipinski definition) is 0. The average Bonchev–Trinajstić information content (AvgIpc) is 3.09. The monoisotopic (exact) mass is 564 g/mol. The van der Waals surface area contributed by atoms with Crippen LogP contribution in [0.1, 0.15) is 61.4 Å². The van der Waals surface area contributed by atoms with Crippen LogP contribution in [-0.2, 0) is 19.7 Å². The van der Waals surface area contributed by atoms with Gasteiger partial charge in [0.25, 0.3) is 0 Å². The van der Waals surface area contributed by atoms with Crippen molar-refractivity contribution in [1.82, 2.24) is 4.90 Å². The highest BCUT2D eigenvalue weighted by Crippen LogP contribution is 2.61. The number of carbonyl (C=O) groups excluding carboxylic acids is 3. The predicted octanol–water partition coefficient (Wildman–Crippen LogP) is 7.21. The number of carbonyl (C=O) groups is 3. The lowest BCUT2D eigenvalue weighted by Gasteiger charge is -2.51. The molecular formula is C31H30Cl2N2O4. The average molecular weight is 565 g/mol. The minimum absolute atomic E-state index is 0.0508. The summed E-state index contributed by atoms with van der Waals surface area (Å²) in [6, 6.07) is 19.4. The Balaban J connectivity index is 1.87. The molecule has 0 aliphatic carbocycles. The molecule has 8 heteroatoms. The molecule has 6 nitrogen and oxygen atoms in total. The molecule has 2 aliphatic heterocycles. The number of likely N-dealkylation sites (N-methyl/N-ethyl adjacent to an activating group) is 1. The quantitative estimate of drug-likeness (QED) is 0.330. The summed E-state index contributed by atoms with van der Waals surface area (Å²) < 4.78 is 5.72. The number of piperidine rings is 1. The summed E-state index contributed by atoms with van der Waals surface area (Å²) in [6.45, 7) is 7.20. The zero-order valence-electron chi connectivity index (χ0n) is 22.5. The minimum atomic E-state index is -1.36. The number of hydrogen-bond acceptors (Lipinski definition) is 4. The number of amides is 3. The van der Waals surface area contributed by atoms with Crippen molar-refractivity contribution in [2.24, 2.45) is 0 Å². The molecule has 0 radical (unpaired) electrons. The summed E-state index contributed by atoms with van der Waals surface area (Å²) in [5.74, 6) is -1.20. The maximum absolute atomic E-state index is 15.0. The number of benzene rings is 3. The molecule has 3 aromatic carbocycles. The number of halogens is 2. The molecule has 2 aliphatic rings. The zero-order valence-corrected chi connectivity index (χ0v) is 24.0. The molecule has 2 heterocycles. The van der Waals surface area contributed by atoms with Gasteiger partial charge in [0.1, 0.15) is 11.0 Å². The van der Waals surface area contributed by atoms with Gasteiger partial charge in [-0.1, -0.05) is 65.7 Å². The van der Waals surface area contributed by atoms with E-state index < -0.39 is 35.0 Å². The fraction of sp³-hybridized carbons (Fsp3) is 0.323.